The van der Waals surface area contributed by atoms with Crippen LogP contribution in [0.2, 0.25) is 0 Å². The van der Waals surface area contributed by atoms with Crippen molar-refractivity contribution in [3.8, 4) is 11.6 Å². The van der Waals surface area contributed by atoms with Crippen LogP contribution in [-0.2, 0) is 18.8 Å². The van der Waals surface area contributed by atoms with Crippen LogP contribution in [0.1, 0.15) is 40.5 Å². The molecule has 1 aromatic heterocycles. The van der Waals surface area contributed by atoms with Gasteiger partial charge in [-0.3, -0.25) is 0 Å². The molecule has 4 nitrogen and oxygen atoms in total. The fourth-order valence-electron chi connectivity index (χ4n) is 2.86. The van der Waals surface area contributed by atoms with E-state index in [9.17, 15) is 35.5 Å². The number of hydrogen-bond acceptors (Lipinski definition) is 3. The van der Waals surface area contributed by atoms with Gasteiger partial charge in [0.2, 0.25) is 5.88 Å². The van der Waals surface area contributed by atoms with Crippen LogP contribution in [0, 0.1) is 5.82 Å². The first kappa shape index (κ1) is 23.3. The van der Waals surface area contributed by atoms with Gasteiger partial charge in [0, 0.05) is 6.07 Å². The monoisotopic (exact) mass is 460 g/mol. The maximum atomic E-state index is 13.2. The van der Waals surface area contributed by atoms with Crippen molar-refractivity contribution in [2.75, 3.05) is 0 Å². The Balaban J connectivity index is 2.02. The van der Waals surface area contributed by atoms with Crippen molar-refractivity contribution in [2.24, 2.45) is 0 Å². The lowest BCUT2D eigenvalue weighted by atomic mass is 10.0. The van der Waals surface area contributed by atoms with Crippen molar-refractivity contribution >= 4 is 5.97 Å². The number of carbonyl (C=O) groups excluding carboxylic acids is 1. The van der Waals surface area contributed by atoms with Gasteiger partial charge >= 0.3 is 18.3 Å². The summed E-state index contributed by atoms with van der Waals surface area (Å²) >= 11 is 0. The highest BCUT2D eigenvalue weighted by Gasteiger charge is 2.37. The Bertz CT molecular complexity index is 1080. The molecule has 0 atom stereocenters. The van der Waals surface area contributed by atoms with Gasteiger partial charge in [-0.25, -0.2) is 13.9 Å². The van der Waals surface area contributed by atoms with E-state index in [-0.39, 0.29) is 29.8 Å². The molecule has 3 aromatic rings. The molecule has 0 aliphatic heterocycles. The summed E-state index contributed by atoms with van der Waals surface area (Å²) in [6.07, 6.45) is -9.10. The molecule has 0 amide bonds. The minimum absolute atomic E-state index is 0.0844. The van der Waals surface area contributed by atoms with Crippen LogP contribution in [-0.4, -0.2) is 15.7 Å². The van der Waals surface area contributed by atoms with Crippen molar-refractivity contribution in [3.63, 3.8) is 0 Å². The molecule has 0 aliphatic rings. The molecule has 170 valence electrons. The molecule has 32 heavy (non-hydrogen) atoms. The van der Waals surface area contributed by atoms with E-state index in [1.54, 1.807) is 0 Å². The maximum absolute atomic E-state index is 13.2. The number of hydrogen-bond donors (Lipinski definition) is 0. The molecule has 0 N–H and O–H groups in total. The molecule has 3 rings (SSSR count). The highest BCUT2D eigenvalue weighted by molar-refractivity contribution is 5.91. The Morgan fingerprint density at radius 1 is 0.938 bits per heavy atom. The molecule has 0 spiro atoms. The number of rotatable bonds is 5. The van der Waals surface area contributed by atoms with Gasteiger partial charge in [-0.2, -0.15) is 31.4 Å². The Labute approximate surface area is 177 Å². The highest BCUT2D eigenvalue weighted by atomic mass is 19.4. The molecule has 0 saturated carbocycles. The predicted molar refractivity (Wildman–Crippen MR) is 98.9 cm³/mol. The van der Waals surface area contributed by atoms with Crippen LogP contribution < -0.4 is 4.74 Å². The molecule has 0 radical (unpaired) electrons. The topological polar surface area (TPSA) is 44.1 Å². The predicted octanol–water partition coefficient (Wildman–Crippen LogP) is 6.22. The van der Waals surface area contributed by atoms with E-state index < -0.39 is 40.8 Å². The lowest BCUT2D eigenvalue weighted by Gasteiger charge is -2.14. The second kappa shape index (κ2) is 8.64. The molecule has 2 aromatic carbocycles. The van der Waals surface area contributed by atoms with Gasteiger partial charge in [0.25, 0.3) is 0 Å². The first-order valence-corrected chi connectivity index (χ1v) is 9.25. The largest absolute Gasteiger partial charge is 0.416 e. The van der Waals surface area contributed by atoms with Crippen molar-refractivity contribution in [1.82, 2.24) is 9.78 Å². The number of nitrogens with zero attached hydrogens (tertiary/aromatic N) is 2. The third-order valence-electron chi connectivity index (χ3n) is 4.33. The van der Waals surface area contributed by atoms with E-state index in [4.69, 9.17) is 4.74 Å². The number of esters is 1. The number of alkyl halides is 6. The first-order valence-electron chi connectivity index (χ1n) is 9.25. The summed E-state index contributed by atoms with van der Waals surface area (Å²) < 4.78 is 97.9. The fourth-order valence-corrected chi connectivity index (χ4v) is 2.86. The minimum atomic E-state index is -5.11. The fraction of sp³-hybridized carbons (Fsp3) is 0.238. The van der Waals surface area contributed by atoms with Crippen molar-refractivity contribution in [3.05, 3.63) is 76.7 Å². The van der Waals surface area contributed by atoms with E-state index in [1.807, 2.05) is 6.92 Å². The number of carbonyl (C=O) groups is 1. The number of benzene rings is 2. The van der Waals surface area contributed by atoms with E-state index in [2.05, 4.69) is 5.10 Å². The summed E-state index contributed by atoms with van der Waals surface area (Å²) in [4.78, 5) is 12.5. The zero-order chi connectivity index (χ0) is 23.7. The Hall–Kier alpha value is -3.37. The van der Waals surface area contributed by atoms with Gasteiger partial charge in [-0.1, -0.05) is 13.3 Å². The van der Waals surface area contributed by atoms with Gasteiger partial charge in [-0.15, -0.1) is 0 Å². The van der Waals surface area contributed by atoms with Gasteiger partial charge in [0.15, 0.2) is 0 Å². The molecule has 0 bridgehead atoms. The summed E-state index contributed by atoms with van der Waals surface area (Å²) in [7, 11) is 0. The van der Waals surface area contributed by atoms with Crippen LogP contribution in [0.5, 0.6) is 5.88 Å². The van der Waals surface area contributed by atoms with Crippen LogP contribution in [0.15, 0.2) is 48.5 Å². The third-order valence-corrected chi connectivity index (χ3v) is 4.33. The Morgan fingerprint density at radius 3 is 2.00 bits per heavy atom. The molecule has 0 saturated heterocycles. The van der Waals surface area contributed by atoms with E-state index in [1.165, 1.54) is 18.2 Å². The normalized spacial score (nSPS) is 12.1. The standard InChI is InChI=1S/C21H15F7N2O2/c1-2-3-16-11-18(30(29-16)17-6-4-15(22)5-7-17)32-19(31)12-8-13(20(23,24)25)10-14(9-12)21(26,27)28/h4-11H,2-3H2,1H3. The van der Waals surface area contributed by atoms with Crippen LogP contribution in [0.25, 0.3) is 5.69 Å². The Kier molecular flexibility index (Phi) is 6.29. The lowest BCUT2D eigenvalue weighted by Crippen LogP contribution is -2.16. The lowest BCUT2D eigenvalue weighted by molar-refractivity contribution is -0.143. The van der Waals surface area contributed by atoms with Crippen molar-refractivity contribution in [2.45, 2.75) is 32.1 Å². The quantitative estimate of drug-likeness (QED) is 0.335. The second-order valence-corrected chi connectivity index (χ2v) is 6.80. The van der Waals surface area contributed by atoms with Crippen molar-refractivity contribution in [1.29, 1.82) is 0 Å². The van der Waals surface area contributed by atoms with Gasteiger partial charge < -0.3 is 4.74 Å². The zero-order valence-corrected chi connectivity index (χ0v) is 16.4. The van der Waals surface area contributed by atoms with Crippen LogP contribution >= 0.6 is 0 Å². The number of aryl methyl sites for hydroxylation is 1. The van der Waals surface area contributed by atoms with Gasteiger partial charge in [0.1, 0.15) is 5.82 Å². The minimum Gasteiger partial charge on any atom is -0.404 e. The summed E-state index contributed by atoms with van der Waals surface area (Å²) in [5.74, 6) is -2.22. The van der Waals surface area contributed by atoms with Gasteiger partial charge in [-0.05, 0) is 48.9 Å². The molecule has 11 heteroatoms. The van der Waals surface area contributed by atoms with E-state index >= 15 is 0 Å². The summed E-state index contributed by atoms with van der Waals surface area (Å²) in [5, 5.41) is 4.22. The van der Waals surface area contributed by atoms with E-state index in [0.717, 1.165) is 16.8 Å². The SMILES string of the molecule is CCCc1cc(OC(=O)c2cc(C(F)(F)F)cc(C(F)(F)F)c2)n(-c2ccc(F)cc2)n1. The molecule has 0 fully saturated rings. The van der Waals surface area contributed by atoms with Crippen molar-refractivity contribution < 1.29 is 40.3 Å². The van der Waals surface area contributed by atoms with E-state index in [0.29, 0.717) is 18.5 Å². The van der Waals surface area contributed by atoms with Gasteiger partial charge in [0.05, 0.1) is 28.1 Å². The summed E-state index contributed by atoms with van der Waals surface area (Å²) in [6, 6.07) is 6.69. The highest BCUT2D eigenvalue weighted by Crippen LogP contribution is 2.36. The third kappa shape index (κ3) is 5.27. The molecular formula is C21H15F7N2O2. The molecular weight excluding hydrogens is 445 g/mol. The average Bonchev–Trinajstić information content (AvgIpc) is 3.09. The molecule has 0 unspecified atom stereocenters. The summed E-state index contributed by atoms with van der Waals surface area (Å²) in [5.41, 5.74) is -3.48. The zero-order valence-electron chi connectivity index (χ0n) is 16.4. The van der Waals surface area contributed by atoms with Crippen LogP contribution in [0.4, 0.5) is 30.7 Å². The smallest absolute Gasteiger partial charge is 0.404 e. The Morgan fingerprint density at radius 2 is 1.50 bits per heavy atom. The number of ether oxygens (including phenoxy) is 1. The number of aromatic nitrogens is 2. The molecule has 0 aliphatic carbocycles. The first-order chi connectivity index (χ1) is 14.9. The number of halogens is 7. The summed E-state index contributed by atoms with van der Waals surface area (Å²) in [6.45, 7) is 1.85. The van der Waals surface area contributed by atoms with Crippen LogP contribution in [0.3, 0.4) is 0 Å². The molecule has 1 heterocycles. The maximum Gasteiger partial charge on any atom is 0.416 e. The second-order valence-electron chi connectivity index (χ2n) is 6.80. The average molecular weight is 460 g/mol.